The van der Waals surface area contributed by atoms with Crippen LogP contribution in [-0.2, 0) is 0 Å². The number of likely N-dealkylation sites (tertiary alicyclic amines) is 1. The van der Waals surface area contributed by atoms with Crippen LogP contribution in [0.4, 0.5) is 5.69 Å². The van der Waals surface area contributed by atoms with Gasteiger partial charge in [0.2, 0.25) is 0 Å². The van der Waals surface area contributed by atoms with Crippen LogP contribution < -0.4 is 5.32 Å². The molecular weight excluding hydrogens is 348 g/mol. The van der Waals surface area contributed by atoms with Crippen molar-refractivity contribution in [3.8, 4) is 0 Å². The van der Waals surface area contributed by atoms with Crippen LogP contribution in [0.25, 0.3) is 0 Å². The Kier molecular flexibility index (Phi) is 6.18. The Bertz CT molecular complexity index is 847. The van der Waals surface area contributed by atoms with Gasteiger partial charge in [0, 0.05) is 29.9 Å². The molecule has 0 unspecified atom stereocenters. The lowest BCUT2D eigenvalue weighted by atomic mass is 9.97. The van der Waals surface area contributed by atoms with Gasteiger partial charge in [0.05, 0.1) is 0 Å². The zero-order valence-electron chi connectivity index (χ0n) is 17.3. The molecule has 1 fully saturated rings. The summed E-state index contributed by atoms with van der Waals surface area (Å²) in [6, 6.07) is 13.1. The fraction of sp³-hybridized carbons (Fsp3) is 0.417. The van der Waals surface area contributed by atoms with Crippen molar-refractivity contribution in [2.24, 2.45) is 5.92 Å². The van der Waals surface area contributed by atoms with E-state index in [-0.39, 0.29) is 11.8 Å². The van der Waals surface area contributed by atoms with Crippen LogP contribution in [0.5, 0.6) is 0 Å². The highest BCUT2D eigenvalue weighted by molar-refractivity contribution is 6.05. The summed E-state index contributed by atoms with van der Waals surface area (Å²) >= 11 is 0. The Labute approximate surface area is 167 Å². The number of rotatable bonds is 4. The SMILES string of the molecule is Cc1cccc(C(C)C)c1NC(=O)c1ccc(C(=O)N2CCC(C)CC2)cc1. The molecule has 4 nitrogen and oxygen atoms in total. The number of nitrogens with one attached hydrogen (secondary N) is 1. The summed E-state index contributed by atoms with van der Waals surface area (Å²) in [6.07, 6.45) is 2.11. The van der Waals surface area contributed by atoms with Gasteiger partial charge in [-0.15, -0.1) is 0 Å². The fourth-order valence-electron chi connectivity index (χ4n) is 3.69. The van der Waals surface area contributed by atoms with E-state index in [1.807, 2.05) is 24.0 Å². The highest BCUT2D eigenvalue weighted by Gasteiger charge is 2.21. The molecule has 2 amide bonds. The van der Waals surface area contributed by atoms with E-state index in [2.05, 4.69) is 32.2 Å². The highest BCUT2D eigenvalue weighted by atomic mass is 16.2. The summed E-state index contributed by atoms with van der Waals surface area (Å²) in [5.41, 5.74) is 4.25. The number of nitrogens with zero attached hydrogens (tertiary/aromatic N) is 1. The Balaban J connectivity index is 1.72. The van der Waals surface area contributed by atoms with E-state index in [4.69, 9.17) is 0 Å². The largest absolute Gasteiger partial charge is 0.339 e. The van der Waals surface area contributed by atoms with Crippen molar-refractivity contribution in [3.05, 3.63) is 64.7 Å². The molecule has 148 valence electrons. The average molecular weight is 379 g/mol. The molecule has 2 aromatic rings. The number of para-hydroxylation sites is 1. The molecule has 2 aromatic carbocycles. The van der Waals surface area contributed by atoms with Crippen molar-refractivity contribution in [3.63, 3.8) is 0 Å². The first kappa shape index (κ1) is 20.1. The monoisotopic (exact) mass is 378 g/mol. The minimum Gasteiger partial charge on any atom is -0.339 e. The van der Waals surface area contributed by atoms with Gasteiger partial charge in [0.15, 0.2) is 0 Å². The summed E-state index contributed by atoms with van der Waals surface area (Å²) in [5, 5.41) is 3.06. The van der Waals surface area contributed by atoms with Gasteiger partial charge in [0.1, 0.15) is 0 Å². The molecular formula is C24H30N2O2. The third-order valence-electron chi connectivity index (χ3n) is 5.63. The molecule has 0 radical (unpaired) electrons. The number of carbonyl (C=O) groups excluding carboxylic acids is 2. The van der Waals surface area contributed by atoms with Gasteiger partial charge in [-0.1, -0.05) is 39.0 Å². The number of benzene rings is 2. The van der Waals surface area contributed by atoms with E-state index in [0.717, 1.165) is 42.7 Å². The van der Waals surface area contributed by atoms with E-state index in [9.17, 15) is 9.59 Å². The van der Waals surface area contributed by atoms with E-state index in [1.54, 1.807) is 24.3 Å². The number of aryl methyl sites for hydroxylation is 1. The molecule has 1 aliphatic rings. The van der Waals surface area contributed by atoms with Crippen molar-refractivity contribution in [1.82, 2.24) is 4.90 Å². The summed E-state index contributed by atoms with van der Waals surface area (Å²) in [6.45, 7) is 10.1. The molecule has 1 heterocycles. The molecule has 0 atom stereocenters. The molecule has 1 aliphatic heterocycles. The molecule has 0 aromatic heterocycles. The minimum absolute atomic E-state index is 0.0554. The Morgan fingerprint density at radius 3 is 2.21 bits per heavy atom. The summed E-state index contributed by atoms with van der Waals surface area (Å²) in [5.74, 6) is 0.914. The van der Waals surface area contributed by atoms with Crippen molar-refractivity contribution in [2.45, 2.75) is 46.5 Å². The quantitative estimate of drug-likeness (QED) is 0.791. The predicted molar refractivity (Wildman–Crippen MR) is 114 cm³/mol. The second kappa shape index (κ2) is 8.59. The van der Waals surface area contributed by atoms with E-state index in [0.29, 0.717) is 23.0 Å². The molecule has 0 aliphatic carbocycles. The second-order valence-corrected chi connectivity index (χ2v) is 8.20. The summed E-state index contributed by atoms with van der Waals surface area (Å²) in [4.78, 5) is 27.3. The Hall–Kier alpha value is -2.62. The first-order valence-corrected chi connectivity index (χ1v) is 10.2. The maximum absolute atomic E-state index is 12.8. The summed E-state index contributed by atoms with van der Waals surface area (Å²) in [7, 11) is 0. The number of hydrogen-bond acceptors (Lipinski definition) is 2. The van der Waals surface area contributed by atoms with Crippen LogP contribution in [0.3, 0.4) is 0 Å². The topological polar surface area (TPSA) is 49.4 Å². The van der Waals surface area contributed by atoms with E-state index < -0.39 is 0 Å². The van der Waals surface area contributed by atoms with Crippen LogP contribution in [0, 0.1) is 12.8 Å². The number of anilines is 1. The van der Waals surface area contributed by atoms with Gasteiger partial charge in [-0.3, -0.25) is 9.59 Å². The number of amides is 2. The number of hydrogen-bond donors (Lipinski definition) is 1. The second-order valence-electron chi connectivity index (χ2n) is 8.20. The fourth-order valence-corrected chi connectivity index (χ4v) is 3.69. The first-order chi connectivity index (χ1) is 13.4. The molecule has 4 heteroatoms. The normalized spacial score (nSPS) is 15.0. The van der Waals surface area contributed by atoms with Crippen LogP contribution >= 0.6 is 0 Å². The molecule has 0 saturated carbocycles. The standard InChI is InChI=1S/C24H30N2O2/c1-16(2)21-7-5-6-18(4)22(21)25-23(27)19-8-10-20(11-9-19)24(28)26-14-12-17(3)13-15-26/h5-11,16-17H,12-15H2,1-4H3,(H,25,27). The highest BCUT2D eigenvalue weighted by Crippen LogP contribution is 2.28. The van der Waals surface area contributed by atoms with Crippen molar-refractivity contribution in [2.75, 3.05) is 18.4 Å². The van der Waals surface area contributed by atoms with Crippen LogP contribution in [0.2, 0.25) is 0 Å². The molecule has 1 saturated heterocycles. The van der Waals surface area contributed by atoms with E-state index in [1.165, 1.54) is 0 Å². The molecule has 28 heavy (non-hydrogen) atoms. The Morgan fingerprint density at radius 1 is 1.00 bits per heavy atom. The van der Waals surface area contributed by atoms with Crippen LogP contribution in [-0.4, -0.2) is 29.8 Å². The summed E-state index contributed by atoms with van der Waals surface area (Å²) < 4.78 is 0. The third-order valence-corrected chi connectivity index (χ3v) is 5.63. The van der Waals surface area contributed by atoms with Gasteiger partial charge >= 0.3 is 0 Å². The van der Waals surface area contributed by atoms with Gasteiger partial charge in [0.25, 0.3) is 11.8 Å². The van der Waals surface area contributed by atoms with E-state index >= 15 is 0 Å². The maximum Gasteiger partial charge on any atom is 0.255 e. The maximum atomic E-state index is 12.8. The third kappa shape index (κ3) is 4.44. The first-order valence-electron chi connectivity index (χ1n) is 10.2. The predicted octanol–water partition coefficient (Wildman–Crippen LogP) is 5.24. The van der Waals surface area contributed by atoms with Gasteiger partial charge < -0.3 is 10.2 Å². The number of carbonyl (C=O) groups is 2. The van der Waals surface area contributed by atoms with Crippen LogP contribution in [0.15, 0.2) is 42.5 Å². The number of piperidine rings is 1. The van der Waals surface area contributed by atoms with Crippen molar-refractivity contribution < 1.29 is 9.59 Å². The van der Waals surface area contributed by atoms with Crippen LogP contribution in [0.1, 0.15) is 71.4 Å². The van der Waals surface area contributed by atoms with Crippen molar-refractivity contribution >= 4 is 17.5 Å². The lowest BCUT2D eigenvalue weighted by molar-refractivity contribution is 0.0697. The van der Waals surface area contributed by atoms with Crippen molar-refractivity contribution in [1.29, 1.82) is 0 Å². The molecule has 0 bridgehead atoms. The lowest BCUT2D eigenvalue weighted by Crippen LogP contribution is -2.37. The van der Waals surface area contributed by atoms with Gasteiger partial charge in [-0.25, -0.2) is 0 Å². The molecule has 3 rings (SSSR count). The van der Waals surface area contributed by atoms with Gasteiger partial charge in [-0.2, -0.15) is 0 Å². The minimum atomic E-state index is -0.151. The van der Waals surface area contributed by atoms with Gasteiger partial charge in [-0.05, 0) is 67.0 Å². The zero-order chi connectivity index (χ0) is 20.3. The smallest absolute Gasteiger partial charge is 0.255 e. The zero-order valence-corrected chi connectivity index (χ0v) is 17.3. The lowest BCUT2D eigenvalue weighted by Gasteiger charge is -2.30. The Morgan fingerprint density at radius 2 is 1.61 bits per heavy atom. The molecule has 0 spiro atoms. The average Bonchev–Trinajstić information content (AvgIpc) is 2.69. The molecule has 1 N–H and O–H groups in total.